The molecular formula is C27H25N3O4S. The standard InChI is InChI=1S/C27H25N3O4S/c1-20-15-16-26(34-2)25(17-20)30(35(32,33)23-12-4-3-5-13-23)19-27(31)29-28-18-22-11-8-10-21-9-6-7-14-24(21)22/h3-18H,19H2,1-2H3,(H,29,31)/b28-18-. The van der Waals surface area contributed by atoms with Gasteiger partial charge in [0.05, 0.1) is 23.9 Å². The summed E-state index contributed by atoms with van der Waals surface area (Å²) in [6.07, 6.45) is 1.55. The molecule has 7 nitrogen and oxygen atoms in total. The molecule has 0 aliphatic carbocycles. The predicted molar refractivity (Wildman–Crippen MR) is 138 cm³/mol. The molecule has 4 aromatic rings. The van der Waals surface area contributed by atoms with Crippen LogP contribution in [-0.2, 0) is 14.8 Å². The monoisotopic (exact) mass is 487 g/mol. The van der Waals surface area contributed by atoms with Gasteiger partial charge in [0, 0.05) is 5.56 Å². The highest BCUT2D eigenvalue weighted by atomic mass is 32.2. The zero-order valence-corrected chi connectivity index (χ0v) is 20.2. The molecule has 1 N–H and O–H groups in total. The Labute approximate surface area is 204 Å². The summed E-state index contributed by atoms with van der Waals surface area (Å²) in [5, 5.41) is 6.12. The molecule has 0 radical (unpaired) electrons. The molecule has 1 amide bonds. The highest BCUT2D eigenvalue weighted by Gasteiger charge is 2.29. The number of hydrazone groups is 1. The van der Waals surface area contributed by atoms with Crippen LogP contribution in [0.4, 0.5) is 5.69 Å². The zero-order chi connectivity index (χ0) is 24.8. The molecule has 178 valence electrons. The number of sulfonamides is 1. The summed E-state index contributed by atoms with van der Waals surface area (Å²) in [5.41, 5.74) is 4.38. The molecule has 4 rings (SSSR count). The lowest BCUT2D eigenvalue weighted by Crippen LogP contribution is -2.39. The molecule has 35 heavy (non-hydrogen) atoms. The van der Waals surface area contributed by atoms with Crippen molar-refractivity contribution in [2.75, 3.05) is 18.0 Å². The highest BCUT2D eigenvalue weighted by molar-refractivity contribution is 7.92. The number of anilines is 1. The van der Waals surface area contributed by atoms with Gasteiger partial charge < -0.3 is 4.74 Å². The minimum Gasteiger partial charge on any atom is -0.495 e. The Balaban J connectivity index is 1.63. The van der Waals surface area contributed by atoms with Gasteiger partial charge >= 0.3 is 0 Å². The van der Waals surface area contributed by atoms with Crippen LogP contribution in [0, 0.1) is 6.92 Å². The van der Waals surface area contributed by atoms with Crippen LogP contribution in [0.5, 0.6) is 5.75 Å². The van der Waals surface area contributed by atoms with Crippen LogP contribution in [0.25, 0.3) is 10.8 Å². The van der Waals surface area contributed by atoms with E-state index in [4.69, 9.17) is 4.74 Å². The Morgan fingerprint density at radius 3 is 2.46 bits per heavy atom. The predicted octanol–water partition coefficient (Wildman–Crippen LogP) is 4.50. The van der Waals surface area contributed by atoms with E-state index in [0.717, 1.165) is 26.2 Å². The van der Waals surface area contributed by atoms with E-state index in [1.807, 2.05) is 55.5 Å². The van der Waals surface area contributed by atoms with Crippen LogP contribution >= 0.6 is 0 Å². The molecule has 4 aromatic carbocycles. The quantitative estimate of drug-likeness (QED) is 0.293. The smallest absolute Gasteiger partial charge is 0.264 e. The summed E-state index contributed by atoms with van der Waals surface area (Å²) in [6, 6.07) is 26.8. The van der Waals surface area contributed by atoms with Crippen molar-refractivity contribution < 1.29 is 17.9 Å². The van der Waals surface area contributed by atoms with Gasteiger partial charge in [0.25, 0.3) is 15.9 Å². The maximum Gasteiger partial charge on any atom is 0.264 e. The molecule has 0 heterocycles. The van der Waals surface area contributed by atoms with Crippen molar-refractivity contribution in [3.63, 3.8) is 0 Å². The number of carbonyl (C=O) groups is 1. The third kappa shape index (κ3) is 5.33. The molecule has 0 aliphatic heterocycles. The van der Waals surface area contributed by atoms with Gasteiger partial charge in [-0.15, -0.1) is 0 Å². The second kappa shape index (κ2) is 10.4. The van der Waals surface area contributed by atoms with E-state index < -0.39 is 22.5 Å². The Kier molecular flexibility index (Phi) is 7.12. The van der Waals surface area contributed by atoms with Gasteiger partial charge in [-0.2, -0.15) is 5.10 Å². The molecule has 0 bridgehead atoms. The topological polar surface area (TPSA) is 88.1 Å². The number of methoxy groups -OCH3 is 1. The van der Waals surface area contributed by atoms with Crippen LogP contribution in [0.3, 0.4) is 0 Å². The number of carbonyl (C=O) groups excluding carboxylic acids is 1. The minimum absolute atomic E-state index is 0.0654. The van der Waals surface area contributed by atoms with Gasteiger partial charge in [-0.3, -0.25) is 9.10 Å². The van der Waals surface area contributed by atoms with Crippen molar-refractivity contribution >= 4 is 38.6 Å². The number of ether oxygens (including phenoxy) is 1. The average Bonchev–Trinajstić information content (AvgIpc) is 2.88. The summed E-state index contributed by atoms with van der Waals surface area (Å²) >= 11 is 0. The van der Waals surface area contributed by atoms with Gasteiger partial charge in [0.2, 0.25) is 0 Å². The number of aryl methyl sites for hydroxylation is 1. The number of nitrogens with one attached hydrogen (secondary N) is 1. The lowest BCUT2D eigenvalue weighted by atomic mass is 10.1. The van der Waals surface area contributed by atoms with Crippen LogP contribution in [0.1, 0.15) is 11.1 Å². The molecule has 0 aromatic heterocycles. The Morgan fingerprint density at radius 1 is 0.971 bits per heavy atom. The van der Waals surface area contributed by atoms with Crippen molar-refractivity contribution in [3.05, 3.63) is 102 Å². The first-order valence-corrected chi connectivity index (χ1v) is 12.4. The summed E-state index contributed by atoms with van der Waals surface area (Å²) in [4.78, 5) is 12.9. The second-order valence-corrected chi connectivity index (χ2v) is 9.72. The van der Waals surface area contributed by atoms with E-state index in [-0.39, 0.29) is 10.6 Å². The fraction of sp³-hybridized carbons (Fsp3) is 0.111. The maximum absolute atomic E-state index is 13.5. The Morgan fingerprint density at radius 2 is 1.69 bits per heavy atom. The van der Waals surface area contributed by atoms with Crippen LogP contribution in [0.15, 0.2) is 101 Å². The number of hydrogen-bond donors (Lipinski definition) is 1. The van der Waals surface area contributed by atoms with Crippen LogP contribution in [0.2, 0.25) is 0 Å². The number of rotatable bonds is 8. The first-order valence-electron chi connectivity index (χ1n) is 10.9. The SMILES string of the molecule is COc1ccc(C)cc1N(CC(=O)N/N=C\c1cccc2ccccc12)S(=O)(=O)c1ccccc1. The van der Waals surface area contributed by atoms with Gasteiger partial charge in [0.15, 0.2) is 0 Å². The first kappa shape index (κ1) is 24.0. The van der Waals surface area contributed by atoms with E-state index in [0.29, 0.717) is 5.75 Å². The molecule has 0 fully saturated rings. The summed E-state index contributed by atoms with van der Waals surface area (Å²) in [6.45, 7) is 1.36. The minimum atomic E-state index is -4.06. The number of benzene rings is 4. The van der Waals surface area contributed by atoms with Gasteiger partial charge in [-0.25, -0.2) is 13.8 Å². The number of nitrogens with zero attached hydrogens (tertiary/aromatic N) is 2. The van der Waals surface area contributed by atoms with Crippen molar-refractivity contribution in [2.45, 2.75) is 11.8 Å². The molecule has 0 saturated carbocycles. The number of hydrogen-bond acceptors (Lipinski definition) is 5. The van der Waals surface area contributed by atoms with Crippen molar-refractivity contribution in [1.82, 2.24) is 5.43 Å². The fourth-order valence-corrected chi connectivity index (χ4v) is 5.16. The molecular weight excluding hydrogens is 462 g/mol. The molecule has 0 atom stereocenters. The summed E-state index contributed by atoms with van der Waals surface area (Å²) < 4.78 is 33.5. The largest absolute Gasteiger partial charge is 0.495 e. The summed E-state index contributed by atoms with van der Waals surface area (Å²) in [7, 11) is -2.61. The maximum atomic E-state index is 13.5. The van der Waals surface area contributed by atoms with E-state index in [2.05, 4.69) is 10.5 Å². The molecule has 0 aliphatic rings. The third-order valence-electron chi connectivity index (χ3n) is 5.44. The van der Waals surface area contributed by atoms with Crippen molar-refractivity contribution in [3.8, 4) is 5.75 Å². The summed E-state index contributed by atoms with van der Waals surface area (Å²) in [5.74, 6) is -0.258. The highest BCUT2D eigenvalue weighted by Crippen LogP contribution is 2.33. The molecule has 0 unspecified atom stereocenters. The second-order valence-electron chi connectivity index (χ2n) is 7.86. The lowest BCUT2D eigenvalue weighted by molar-refractivity contribution is -0.119. The fourth-order valence-electron chi connectivity index (χ4n) is 3.72. The van der Waals surface area contributed by atoms with Crippen molar-refractivity contribution in [1.29, 1.82) is 0 Å². The molecule has 0 saturated heterocycles. The molecule has 8 heteroatoms. The third-order valence-corrected chi connectivity index (χ3v) is 7.21. The van der Waals surface area contributed by atoms with Gasteiger partial charge in [-0.1, -0.05) is 66.7 Å². The van der Waals surface area contributed by atoms with Gasteiger partial charge in [-0.05, 0) is 47.5 Å². The Hall–Kier alpha value is -4.17. The van der Waals surface area contributed by atoms with Crippen molar-refractivity contribution in [2.24, 2.45) is 5.10 Å². The van der Waals surface area contributed by atoms with Crippen LogP contribution < -0.4 is 14.5 Å². The van der Waals surface area contributed by atoms with E-state index in [9.17, 15) is 13.2 Å². The Bertz CT molecular complexity index is 1480. The van der Waals surface area contributed by atoms with E-state index >= 15 is 0 Å². The van der Waals surface area contributed by atoms with Gasteiger partial charge in [0.1, 0.15) is 12.3 Å². The average molecular weight is 488 g/mol. The number of fused-ring (bicyclic) bond motifs is 1. The van der Waals surface area contributed by atoms with E-state index in [1.54, 1.807) is 36.5 Å². The zero-order valence-electron chi connectivity index (χ0n) is 19.4. The number of amides is 1. The van der Waals surface area contributed by atoms with Crippen LogP contribution in [-0.4, -0.2) is 34.2 Å². The van der Waals surface area contributed by atoms with E-state index in [1.165, 1.54) is 19.2 Å². The first-order chi connectivity index (χ1) is 16.9. The molecule has 0 spiro atoms. The normalized spacial score (nSPS) is 11.5. The lowest BCUT2D eigenvalue weighted by Gasteiger charge is -2.25.